The van der Waals surface area contributed by atoms with Crippen LogP contribution in [0.1, 0.15) is 5.56 Å². The Balaban J connectivity index is 2.00. The summed E-state index contributed by atoms with van der Waals surface area (Å²) in [7, 11) is 6.71. The standard InChI is InChI=1S/C19H30N4O3/c1-6-7-21-19(20-2)23-10-8-22(9-11-23)14-15-12-16(24-3)18(26-5)17(13-15)25-4/h6,12-13H,1,7-11,14H2,2-5H3,(H,20,21). The van der Waals surface area contributed by atoms with Crippen LogP contribution in [0, 0.1) is 0 Å². The Bertz CT molecular complexity index is 600. The normalized spacial score (nSPS) is 15.5. The Morgan fingerprint density at radius 1 is 1.12 bits per heavy atom. The summed E-state index contributed by atoms with van der Waals surface area (Å²) in [4.78, 5) is 9.03. The SMILES string of the molecule is C=CCNC(=NC)N1CCN(Cc2cc(OC)c(OC)c(OC)c2)CC1. The van der Waals surface area contributed by atoms with Crippen LogP contribution >= 0.6 is 0 Å². The number of benzene rings is 1. The number of methoxy groups -OCH3 is 3. The zero-order valence-electron chi connectivity index (χ0n) is 16.2. The van der Waals surface area contributed by atoms with Gasteiger partial charge in [0.05, 0.1) is 21.3 Å². The molecule has 0 unspecified atom stereocenters. The first-order valence-electron chi connectivity index (χ1n) is 8.74. The van der Waals surface area contributed by atoms with E-state index >= 15 is 0 Å². The summed E-state index contributed by atoms with van der Waals surface area (Å²) >= 11 is 0. The van der Waals surface area contributed by atoms with Gasteiger partial charge in [-0.15, -0.1) is 6.58 Å². The number of hydrogen-bond acceptors (Lipinski definition) is 5. The molecule has 1 fully saturated rings. The van der Waals surface area contributed by atoms with E-state index in [4.69, 9.17) is 14.2 Å². The van der Waals surface area contributed by atoms with Gasteiger partial charge in [-0.25, -0.2) is 0 Å². The van der Waals surface area contributed by atoms with Crippen LogP contribution in [0.4, 0.5) is 0 Å². The van der Waals surface area contributed by atoms with Gasteiger partial charge in [0, 0.05) is 46.3 Å². The van der Waals surface area contributed by atoms with Crippen LogP contribution in [0.5, 0.6) is 17.2 Å². The van der Waals surface area contributed by atoms with Crippen molar-refractivity contribution < 1.29 is 14.2 Å². The number of piperazine rings is 1. The molecule has 0 aliphatic carbocycles. The van der Waals surface area contributed by atoms with Gasteiger partial charge in [-0.1, -0.05) is 6.08 Å². The minimum atomic E-state index is 0.626. The molecule has 1 aromatic carbocycles. The van der Waals surface area contributed by atoms with Crippen LogP contribution < -0.4 is 19.5 Å². The Hall–Kier alpha value is -2.41. The monoisotopic (exact) mass is 362 g/mol. The van der Waals surface area contributed by atoms with Crippen LogP contribution in [0.2, 0.25) is 0 Å². The quantitative estimate of drug-likeness (QED) is 0.452. The Labute approximate surface area is 156 Å². The number of hydrogen-bond donors (Lipinski definition) is 1. The van der Waals surface area contributed by atoms with Gasteiger partial charge in [-0.3, -0.25) is 9.89 Å². The number of nitrogens with zero attached hydrogens (tertiary/aromatic N) is 3. The van der Waals surface area contributed by atoms with Gasteiger partial charge in [-0.05, 0) is 17.7 Å². The Kier molecular flexibility index (Phi) is 7.59. The van der Waals surface area contributed by atoms with E-state index < -0.39 is 0 Å². The van der Waals surface area contributed by atoms with Gasteiger partial charge >= 0.3 is 0 Å². The number of aliphatic imine (C=N–C) groups is 1. The Morgan fingerprint density at radius 2 is 1.73 bits per heavy atom. The highest BCUT2D eigenvalue weighted by Gasteiger charge is 2.21. The summed E-state index contributed by atoms with van der Waals surface area (Å²) in [6, 6.07) is 4.02. The number of guanidine groups is 1. The van der Waals surface area contributed by atoms with E-state index in [-0.39, 0.29) is 0 Å². The van der Waals surface area contributed by atoms with Crippen molar-refractivity contribution >= 4 is 5.96 Å². The van der Waals surface area contributed by atoms with Crippen LogP contribution in [0.25, 0.3) is 0 Å². The second kappa shape index (κ2) is 9.91. The third-order valence-corrected chi connectivity index (χ3v) is 4.42. The maximum atomic E-state index is 5.45. The zero-order chi connectivity index (χ0) is 18.9. The van der Waals surface area contributed by atoms with Crippen LogP contribution in [0.15, 0.2) is 29.8 Å². The molecule has 1 saturated heterocycles. The van der Waals surface area contributed by atoms with Crippen molar-refractivity contribution in [1.82, 2.24) is 15.1 Å². The number of nitrogens with one attached hydrogen (secondary N) is 1. The summed E-state index contributed by atoms with van der Waals surface area (Å²) in [5, 5.41) is 3.29. The average molecular weight is 362 g/mol. The molecular weight excluding hydrogens is 332 g/mol. The highest BCUT2D eigenvalue weighted by molar-refractivity contribution is 5.80. The minimum absolute atomic E-state index is 0.626. The molecule has 1 heterocycles. The summed E-state index contributed by atoms with van der Waals surface area (Å²) in [5.74, 6) is 2.93. The predicted octanol–water partition coefficient (Wildman–Crippen LogP) is 1.59. The smallest absolute Gasteiger partial charge is 0.203 e. The average Bonchev–Trinajstić information content (AvgIpc) is 2.68. The predicted molar refractivity (Wildman–Crippen MR) is 105 cm³/mol. The van der Waals surface area contributed by atoms with E-state index in [1.165, 1.54) is 0 Å². The zero-order valence-corrected chi connectivity index (χ0v) is 16.2. The lowest BCUT2D eigenvalue weighted by Crippen LogP contribution is -2.52. The van der Waals surface area contributed by atoms with Crippen LogP contribution in [-0.4, -0.2) is 76.9 Å². The van der Waals surface area contributed by atoms with E-state index in [2.05, 4.69) is 26.7 Å². The highest BCUT2D eigenvalue weighted by Crippen LogP contribution is 2.38. The molecule has 0 radical (unpaired) electrons. The van der Waals surface area contributed by atoms with E-state index in [9.17, 15) is 0 Å². The lowest BCUT2D eigenvalue weighted by atomic mass is 10.1. The molecule has 0 aromatic heterocycles. The fourth-order valence-electron chi connectivity index (χ4n) is 3.10. The van der Waals surface area contributed by atoms with E-state index in [0.29, 0.717) is 17.2 Å². The van der Waals surface area contributed by atoms with Gasteiger partial charge in [0.15, 0.2) is 17.5 Å². The van der Waals surface area contributed by atoms with Crippen LogP contribution in [0.3, 0.4) is 0 Å². The molecule has 0 bridgehead atoms. The third kappa shape index (κ3) is 4.82. The largest absolute Gasteiger partial charge is 0.493 e. The van der Waals surface area contributed by atoms with Gasteiger partial charge in [0.2, 0.25) is 5.75 Å². The number of ether oxygens (including phenoxy) is 3. The molecule has 7 heteroatoms. The molecule has 0 amide bonds. The molecule has 0 spiro atoms. The lowest BCUT2D eigenvalue weighted by molar-refractivity contribution is 0.172. The summed E-state index contributed by atoms with van der Waals surface area (Å²) in [5.41, 5.74) is 1.14. The molecule has 2 rings (SSSR count). The first-order valence-corrected chi connectivity index (χ1v) is 8.74. The molecule has 1 N–H and O–H groups in total. The van der Waals surface area contributed by atoms with Gasteiger partial charge in [0.1, 0.15) is 0 Å². The molecule has 26 heavy (non-hydrogen) atoms. The molecule has 1 aliphatic heterocycles. The second-order valence-electron chi connectivity index (χ2n) is 6.01. The highest BCUT2D eigenvalue weighted by atomic mass is 16.5. The topological polar surface area (TPSA) is 58.6 Å². The summed E-state index contributed by atoms with van der Waals surface area (Å²) in [6.45, 7) is 9.09. The van der Waals surface area contributed by atoms with Crippen molar-refractivity contribution in [3.8, 4) is 17.2 Å². The minimum Gasteiger partial charge on any atom is -0.493 e. The van der Waals surface area contributed by atoms with Gasteiger partial charge < -0.3 is 24.4 Å². The first-order chi connectivity index (χ1) is 12.7. The molecule has 0 saturated carbocycles. The van der Waals surface area contributed by atoms with Crippen LogP contribution in [-0.2, 0) is 6.54 Å². The summed E-state index contributed by atoms with van der Waals surface area (Å²) < 4.78 is 16.3. The lowest BCUT2D eigenvalue weighted by Gasteiger charge is -2.36. The molecule has 1 aliphatic rings. The van der Waals surface area contributed by atoms with Crippen molar-refractivity contribution in [2.24, 2.45) is 4.99 Å². The summed E-state index contributed by atoms with van der Waals surface area (Å²) in [6.07, 6.45) is 1.84. The van der Waals surface area contributed by atoms with Crippen molar-refractivity contribution in [2.75, 3.05) is 61.1 Å². The fraction of sp³-hybridized carbons (Fsp3) is 0.526. The molecular formula is C19H30N4O3. The van der Waals surface area contributed by atoms with E-state index in [1.54, 1.807) is 21.3 Å². The first kappa shape index (κ1) is 19.9. The molecule has 1 aromatic rings. The maximum Gasteiger partial charge on any atom is 0.203 e. The van der Waals surface area contributed by atoms with E-state index in [1.807, 2.05) is 25.3 Å². The molecule has 144 valence electrons. The van der Waals surface area contributed by atoms with Crippen molar-refractivity contribution in [2.45, 2.75) is 6.54 Å². The third-order valence-electron chi connectivity index (χ3n) is 4.42. The Morgan fingerprint density at radius 3 is 2.19 bits per heavy atom. The van der Waals surface area contributed by atoms with Crippen molar-refractivity contribution in [1.29, 1.82) is 0 Å². The maximum absolute atomic E-state index is 5.45. The fourth-order valence-corrected chi connectivity index (χ4v) is 3.10. The molecule has 7 nitrogen and oxygen atoms in total. The molecule has 0 atom stereocenters. The van der Waals surface area contributed by atoms with Gasteiger partial charge in [0.25, 0.3) is 0 Å². The van der Waals surface area contributed by atoms with Crippen molar-refractivity contribution in [3.63, 3.8) is 0 Å². The van der Waals surface area contributed by atoms with E-state index in [0.717, 1.165) is 50.8 Å². The number of rotatable bonds is 7. The van der Waals surface area contributed by atoms with Crippen molar-refractivity contribution in [3.05, 3.63) is 30.4 Å². The van der Waals surface area contributed by atoms with Gasteiger partial charge in [-0.2, -0.15) is 0 Å². The second-order valence-corrected chi connectivity index (χ2v) is 6.01.